The summed E-state index contributed by atoms with van der Waals surface area (Å²) in [6.45, 7) is 4.25. The van der Waals surface area contributed by atoms with Crippen LogP contribution in [0.1, 0.15) is 31.7 Å². The molecule has 0 fully saturated rings. The van der Waals surface area contributed by atoms with Crippen molar-refractivity contribution in [2.45, 2.75) is 31.6 Å². The molecule has 72 valence electrons. The molecule has 13 heavy (non-hydrogen) atoms. The first-order valence-corrected chi connectivity index (χ1v) is 5.72. The van der Waals surface area contributed by atoms with Gasteiger partial charge in [-0.05, 0) is 37.0 Å². The first kappa shape index (κ1) is 11.1. The Labute approximate surface area is 93.4 Å². The highest BCUT2D eigenvalue weighted by atomic mass is 79.9. The Bertz CT molecular complexity index is 271. The minimum atomic E-state index is 0.244. The number of halogens is 2. The van der Waals surface area contributed by atoms with Gasteiger partial charge < -0.3 is 0 Å². The largest absolute Gasteiger partial charge is 0.123 e. The van der Waals surface area contributed by atoms with Crippen LogP contribution in [0.2, 0.25) is 0 Å². The van der Waals surface area contributed by atoms with E-state index in [1.165, 1.54) is 5.56 Å². The molecule has 0 spiro atoms. The third kappa shape index (κ3) is 3.70. The summed E-state index contributed by atoms with van der Waals surface area (Å²) in [6, 6.07) is 8.41. The highest BCUT2D eigenvalue weighted by Crippen LogP contribution is 2.24. The average molecular weight is 262 g/mol. The Kier molecular flexibility index (Phi) is 4.27. The van der Waals surface area contributed by atoms with Crippen molar-refractivity contribution in [3.05, 3.63) is 34.3 Å². The van der Waals surface area contributed by atoms with E-state index in [-0.39, 0.29) is 5.38 Å². The maximum absolute atomic E-state index is 5.95. The smallest absolute Gasteiger partial charge is 0.0313 e. The van der Waals surface area contributed by atoms with E-state index < -0.39 is 0 Å². The lowest BCUT2D eigenvalue weighted by Gasteiger charge is -2.13. The fraction of sp³-hybridized carbons (Fsp3) is 0.455. The quantitative estimate of drug-likeness (QED) is 0.699. The molecule has 2 heteroatoms. The van der Waals surface area contributed by atoms with Gasteiger partial charge in [0, 0.05) is 9.85 Å². The van der Waals surface area contributed by atoms with Crippen LogP contribution in [0.5, 0.6) is 0 Å². The van der Waals surface area contributed by atoms with Crippen molar-refractivity contribution >= 4 is 27.5 Å². The van der Waals surface area contributed by atoms with Gasteiger partial charge in [-0.25, -0.2) is 0 Å². The van der Waals surface area contributed by atoms with Gasteiger partial charge in [0.05, 0.1) is 0 Å². The molecule has 0 saturated carbocycles. The molecule has 2 unspecified atom stereocenters. The molecule has 0 bridgehead atoms. The van der Waals surface area contributed by atoms with Crippen molar-refractivity contribution in [1.82, 2.24) is 0 Å². The summed E-state index contributed by atoms with van der Waals surface area (Å²) in [5.74, 6) is 0.532. The molecular weight excluding hydrogens is 247 g/mol. The van der Waals surface area contributed by atoms with E-state index in [0.717, 1.165) is 10.9 Å². The number of benzene rings is 1. The lowest BCUT2D eigenvalue weighted by Crippen LogP contribution is -2.00. The second-order valence-corrected chi connectivity index (χ2v) is 5.13. The van der Waals surface area contributed by atoms with E-state index in [9.17, 15) is 0 Å². The lowest BCUT2D eigenvalue weighted by molar-refractivity contribution is 0.670. The molecule has 0 aliphatic heterocycles. The first-order valence-electron chi connectivity index (χ1n) is 4.49. The lowest BCUT2D eigenvalue weighted by atomic mass is 9.97. The second-order valence-electron chi connectivity index (χ2n) is 3.47. The van der Waals surface area contributed by atoms with Gasteiger partial charge in [-0.15, -0.1) is 11.6 Å². The second kappa shape index (κ2) is 5.02. The van der Waals surface area contributed by atoms with Crippen molar-refractivity contribution in [2.75, 3.05) is 0 Å². The van der Waals surface area contributed by atoms with Crippen LogP contribution in [0.4, 0.5) is 0 Å². The van der Waals surface area contributed by atoms with Crippen molar-refractivity contribution in [3.8, 4) is 0 Å². The molecule has 0 radical (unpaired) electrons. The summed E-state index contributed by atoms with van der Waals surface area (Å²) in [5, 5.41) is 0.244. The van der Waals surface area contributed by atoms with Gasteiger partial charge in [0.25, 0.3) is 0 Å². The molecular formula is C11H14BrCl. The van der Waals surface area contributed by atoms with Crippen LogP contribution < -0.4 is 0 Å². The molecule has 1 aromatic carbocycles. The number of hydrogen-bond donors (Lipinski definition) is 0. The van der Waals surface area contributed by atoms with E-state index in [1.54, 1.807) is 0 Å². The van der Waals surface area contributed by atoms with Crippen LogP contribution in [0.25, 0.3) is 0 Å². The SMILES string of the molecule is CC(Cl)CC(C)c1cccc(Br)c1. The van der Waals surface area contributed by atoms with Crippen LogP contribution in [0.3, 0.4) is 0 Å². The molecule has 0 aliphatic rings. The van der Waals surface area contributed by atoms with Crippen molar-refractivity contribution in [3.63, 3.8) is 0 Å². The first-order chi connectivity index (χ1) is 6.09. The zero-order chi connectivity index (χ0) is 9.84. The molecule has 1 rings (SSSR count). The Hall–Kier alpha value is -0.0100. The van der Waals surface area contributed by atoms with E-state index in [2.05, 4.69) is 41.1 Å². The van der Waals surface area contributed by atoms with Gasteiger partial charge in [0.15, 0.2) is 0 Å². The molecule has 0 aromatic heterocycles. The zero-order valence-corrected chi connectivity index (χ0v) is 10.3. The molecule has 0 nitrogen and oxygen atoms in total. The maximum Gasteiger partial charge on any atom is 0.0313 e. The van der Waals surface area contributed by atoms with Gasteiger partial charge in [0.2, 0.25) is 0 Å². The van der Waals surface area contributed by atoms with Crippen LogP contribution in [0, 0.1) is 0 Å². The monoisotopic (exact) mass is 260 g/mol. The fourth-order valence-electron chi connectivity index (χ4n) is 1.44. The fourth-order valence-corrected chi connectivity index (χ4v) is 2.12. The highest BCUT2D eigenvalue weighted by Gasteiger charge is 2.08. The number of hydrogen-bond acceptors (Lipinski definition) is 0. The number of alkyl halides is 1. The van der Waals surface area contributed by atoms with Gasteiger partial charge in [-0.1, -0.05) is 35.0 Å². The summed E-state index contributed by atoms with van der Waals surface area (Å²) in [4.78, 5) is 0. The van der Waals surface area contributed by atoms with Crippen molar-refractivity contribution in [1.29, 1.82) is 0 Å². The topological polar surface area (TPSA) is 0 Å². The van der Waals surface area contributed by atoms with Crippen LogP contribution in [-0.4, -0.2) is 5.38 Å². The van der Waals surface area contributed by atoms with E-state index in [0.29, 0.717) is 5.92 Å². The third-order valence-corrected chi connectivity index (χ3v) is 2.77. The number of rotatable bonds is 3. The summed E-state index contributed by atoms with van der Waals surface area (Å²) in [7, 11) is 0. The van der Waals surface area contributed by atoms with E-state index in [1.807, 2.05) is 13.0 Å². The molecule has 0 aliphatic carbocycles. The average Bonchev–Trinajstić information content (AvgIpc) is 2.03. The van der Waals surface area contributed by atoms with Crippen LogP contribution in [-0.2, 0) is 0 Å². The van der Waals surface area contributed by atoms with Gasteiger partial charge >= 0.3 is 0 Å². The van der Waals surface area contributed by atoms with Gasteiger partial charge in [-0.2, -0.15) is 0 Å². The Morgan fingerprint density at radius 2 is 2.08 bits per heavy atom. The minimum Gasteiger partial charge on any atom is -0.123 e. The van der Waals surface area contributed by atoms with E-state index >= 15 is 0 Å². The Morgan fingerprint density at radius 1 is 1.38 bits per heavy atom. The van der Waals surface area contributed by atoms with Crippen LogP contribution in [0.15, 0.2) is 28.7 Å². The zero-order valence-electron chi connectivity index (χ0n) is 7.93. The Morgan fingerprint density at radius 3 is 2.62 bits per heavy atom. The predicted molar refractivity (Wildman–Crippen MR) is 62.5 cm³/mol. The van der Waals surface area contributed by atoms with Crippen molar-refractivity contribution in [2.24, 2.45) is 0 Å². The Balaban J connectivity index is 2.71. The van der Waals surface area contributed by atoms with E-state index in [4.69, 9.17) is 11.6 Å². The third-order valence-electron chi connectivity index (χ3n) is 2.10. The summed E-state index contributed by atoms with van der Waals surface area (Å²) >= 11 is 9.41. The molecule has 1 aromatic rings. The summed E-state index contributed by atoms with van der Waals surface area (Å²) in [5.41, 5.74) is 1.35. The van der Waals surface area contributed by atoms with Gasteiger partial charge in [-0.3, -0.25) is 0 Å². The predicted octanol–water partition coefficient (Wildman–Crippen LogP) is 4.57. The summed E-state index contributed by atoms with van der Waals surface area (Å²) in [6.07, 6.45) is 1.03. The minimum absolute atomic E-state index is 0.244. The molecule has 2 atom stereocenters. The highest BCUT2D eigenvalue weighted by molar-refractivity contribution is 9.10. The summed E-state index contributed by atoms with van der Waals surface area (Å²) < 4.78 is 1.14. The molecule has 0 N–H and O–H groups in total. The maximum atomic E-state index is 5.95. The molecule has 0 saturated heterocycles. The molecule has 0 amide bonds. The normalized spacial score (nSPS) is 15.4. The standard InChI is InChI=1S/C11H14BrCl/c1-8(6-9(2)13)10-4-3-5-11(12)7-10/h3-5,7-9H,6H2,1-2H3. The van der Waals surface area contributed by atoms with Crippen LogP contribution >= 0.6 is 27.5 Å². The van der Waals surface area contributed by atoms with Gasteiger partial charge in [0.1, 0.15) is 0 Å². The molecule has 0 heterocycles. The van der Waals surface area contributed by atoms with Crippen molar-refractivity contribution < 1.29 is 0 Å².